The van der Waals surface area contributed by atoms with E-state index in [2.05, 4.69) is 15.9 Å². The van der Waals surface area contributed by atoms with Crippen LogP contribution in [0.5, 0.6) is 0 Å². The molecule has 0 unspecified atom stereocenters. The summed E-state index contributed by atoms with van der Waals surface area (Å²) in [6.45, 7) is 0. The minimum absolute atomic E-state index is 0.892. The minimum Gasteiger partial charge on any atom is -0.0836 e. The fourth-order valence-electron chi connectivity index (χ4n) is 0.804. The summed E-state index contributed by atoms with van der Waals surface area (Å²) in [5.74, 6) is 0. The maximum absolute atomic E-state index is 5.65. The topological polar surface area (TPSA) is 0 Å². The predicted molar refractivity (Wildman–Crippen MR) is 36.8 cm³/mol. The molecule has 0 saturated heterocycles. The molecule has 0 saturated carbocycles. The van der Waals surface area contributed by atoms with E-state index in [1.165, 1.54) is 14.9 Å². The molecule has 0 fully saturated rings. The van der Waals surface area contributed by atoms with Gasteiger partial charge in [0.2, 0.25) is 0 Å². The molecule has 40 valence electrons. The molecule has 0 heterocycles. The molecule has 2 heteroatoms. The number of hydrogen-bond acceptors (Lipinski definition) is 0. The van der Waals surface area contributed by atoms with Crippen LogP contribution < -0.4 is 0 Å². The van der Waals surface area contributed by atoms with Gasteiger partial charge in [0, 0.05) is 14.7 Å². The molecule has 0 atom stereocenters. The summed E-state index contributed by atoms with van der Waals surface area (Å²) >= 11 is 8.99. The maximum Gasteiger partial charge on any atom is 0.0491 e. The van der Waals surface area contributed by atoms with E-state index >= 15 is 0 Å². The third-order valence-electron chi connectivity index (χ3n) is 1.35. The second kappa shape index (κ2) is 1.28. The fraction of sp³-hybridized carbons (Fsp3) is 0. The first-order valence-electron chi connectivity index (χ1n) is 2.28. The van der Waals surface area contributed by atoms with Gasteiger partial charge >= 0.3 is 0 Å². The van der Waals surface area contributed by atoms with Crippen LogP contribution in [0.2, 0.25) is 5.02 Å². The standard InChI is InChI=1S/C6H2BrCl/c7-5-1-4-3(5)2-6(4)8/h1-2H. The normalized spacial score (nSPS) is 11.8. The van der Waals surface area contributed by atoms with Gasteiger partial charge in [0.25, 0.3) is 0 Å². The first-order chi connectivity index (χ1) is 3.79. The Morgan fingerprint density at radius 3 is 2.12 bits per heavy atom. The molecule has 0 bridgehead atoms. The molecule has 0 aromatic rings. The Morgan fingerprint density at radius 1 is 1.25 bits per heavy atom. The summed E-state index contributed by atoms with van der Waals surface area (Å²) in [6.07, 6.45) is 0. The van der Waals surface area contributed by atoms with Crippen LogP contribution in [0.15, 0.2) is 16.6 Å². The number of hydrogen-bond donors (Lipinski definition) is 0. The monoisotopic (exact) mass is 188 g/mol. The average Bonchev–Trinajstić information content (AvgIpc) is 1.76. The number of rotatable bonds is 0. The van der Waals surface area contributed by atoms with Crippen LogP contribution in [0.4, 0.5) is 0 Å². The van der Waals surface area contributed by atoms with Gasteiger partial charge in [0.1, 0.15) is 0 Å². The van der Waals surface area contributed by atoms with Gasteiger partial charge in [-0.1, -0.05) is 27.5 Å². The average molecular weight is 189 g/mol. The summed E-state index contributed by atoms with van der Waals surface area (Å²) in [6, 6.07) is 3.98. The lowest BCUT2D eigenvalue weighted by molar-refractivity contribution is 1.34. The molecule has 0 radical (unpaired) electrons. The lowest BCUT2D eigenvalue weighted by Gasteiger charge is -2.06. The van der Waals surface area contributed by atoms with Crippen LogP contribution in [0.1, 0.15) is 0 Å². The first-order valence-corrected chi connectivity index (χ1v) is 3.45. The molecule has 8 heavy (non-hydrogen) atoms. The maximum atomic E-state index is 5.65. The van der Waals surface area contributed by atoms with Crippen molar-refractivity contribution in [3.05, 3.63) is 32.1 Å². The molecule has 0 aromatic heterocycles. The van der Waals surface area contributed by atoms with E-state index in [9.17, 15) is 0 Å². The summed E-state index contributed by atoms with van der Waals surface area (Å²) in [4.78, 5) is 0. The number of benzene rings is 1. The van der Waals surface area contributed by atoms with E-state index in [-0.39, 0.29) is 0 Å². The zero-order valence-electron chi connectivity index (χ0n) is 3.91. The largest absolute Gasteiger partial charge is 0.0836 e. The van der Waals surface area contributed by atoms with E-state index < -0.39 is 0 Å². The third-order valence-corrected chi connectivity index (χ3v) is 2.32. The molecule has 2 rings (SSSR count). The van der Waals surface area contributed by atoms with Crippen molar-refractivity contribution in [2.24, 2.45) is 0 Å². The lowest BCUT2D eigenvalue weighted by Crippen LogP contribution is -1.88. The molecular weight excluding hydrogens is 187 g/mol. The van der Waals surface area contributed by atoms with Gasteiger partial charge in [-0.25, -0.2) is 0 Å². The van der Waals surface area contributed by atoms with Gasteiger partial charge in [-0.3, -0.25) is 0 Å². The van der Waals surface area contributed by atoms with E-state index in [1.807, 2.05) is 12.1 Å². The molecule has 0 aromatic carbocycles. The van der Waals surface area contributed by atoms with Crippen molar-refractivity contribution in [1.82, 2.24) is 0 Å². The van der Waals surface area contributed by atoms with Gasteiger partial charge in [-0.05, 0) is 17.4 Å². The highest BCUT2D eigenvalue weighted by Crippen LogP contribution is 2.29. The molecule has 0 amide bonds. The molecule has 0 aliphatic heterocycles. The summed E-state index contributed by atoms with van der Waals surface area (Å²) in [5, 5.41) is 3.37. The van der Waals surface area contributed by atoms with Gasteiger partial charge in [-0.15, -0.1) is 0 Å². The van der Waals surface area contributed by atoms with Crippen molar-refractivity contribution in [2.75, 3.05) is 0 Å². The Labute approximate surface area is 59.9 Å². The summed E-state index contributed by atoms with van der Waals surface area (Å²) in [5.41, 5.74) is 0. The van der Waals surface area contributed by atoms with Gasteiger partial charge in [0.05, 0.1) is 0 Å². The molecule has 2 aliphatic carbocycles. The predicted octanol–water partition coefficient (Wildman–Crippen LogP) is 2.70. The van der Waals surface area contributed by atoms with Crippen molar-refractivity contribution in [3.8, 4) is 0 Å². The van der Waals surface area contributed by atoms with Crippen LogP contribution in [0.25, 0.3) is 0 Å². The zero-order valence-corrected chi connectivity index (χ0v) is 6.25. The third kappa shape index (κ3) is 0.373. The van der Waals surface area contributed by atoms with Gasteiger partial charge in [0.15, 0.2) is 0 Å². The Hall–Kier alpha value is -0.0100. The van der Waals surface area contributed by atoms with Crippen LogP contribution in [-0.2, 0) is 0 Å². The smallest absolute Gasteiger partial charge is 0.0491 e. The van der Waals surface area contributed by atoms with Crippen LogP contribution >= 0.6 is 27.5 Å². The second-order valence-corrected chi connectivity index (χ2v) is 3.07. The van der Waals surface area contributed by atoms with E-state index in [0.717, 1.165) is 5.02 Å². The number of halogens is 2. The van der Waals surface area contributed by atoms with Crippen molar-refractivity contribution in [2.45, 2.75) is 0 Å². The van der Waals surface area contributed by atoms with Crippen LogP contribution in [0.3, 0.4) is 0 Å². The SMILES string of the molecule is Clc1cc2c(Br)cc1=2. The fourth-order valence-corrected chi connectivity index (χ4v) is 1.63. The van der Waals surface area contributed by atoms with Gasteiger partial charge in [-0.2, -0.15) is 0 Å². The van der Waals surface area contributed by atoms with E-state index in [0.29, 0.717) is 0 Å². The highest BCUT2D eigenvalue weighted by atomic mass is 79.9. The summed E-state index contributed by atoms with van der Waals surface area (Å²) in [7, 11) is 0. The zero-order chi connectivity index (χ0) is 5.72. The Morgan fingerprint density at radius 2 is 2.00 bits per heavy atom. The minimum atomic E-state index is 0.892. The summed E-state index contributed by atoms with van der Waals surface area (Å²) < 4.78 is 1.18. The highest BCUT2D eigenvalue weighted by Gasteiger charge is 2.07. The Bertz CT molecular complexity index is 295. The van der Waals surface area contributed by atoms with E-state index in [1.54, 1.807) is 0 Å². The van der Waals surface area contributed by atoms with Crippen molar-refractivity contribution in [3.63, 3.8) is 0 Å². The lowest BCUT2D eigenvalue weighted by atomic mass is 10.1. The second-order valence-electron chi connectivity index (χ2n) is 1.81. The quantitative estimate of drug-likeness (QED) is 0.598. The molecule has 0 nitrogen and oxygen atoms in total. The molecule has 2 aliphatic rings. The van der Waals surface area contributed by atoms with Crippen molar-refractivity contribution < 1.29 is 0 Å². The molecule has 0 spiro atoms. The molecule has 0 N–H and O–H groups in total. The highest BCUT2D eigenvalue weighted by molar-refractivity contribution is 9.10. The van der Waals surface area contributed by atoms with Crippen LogP contribution in [-0.4, -0.2) is 0 Å². The Kier molecular flexibility index (Phi) is 0.774. The van der Waals surface area contributed by atoms with Gasteiger partial charge < -0.3 is 0 Å². The van der Waals surface area contributed by atoms with Crippen LogP contribution in [0, 0.1) is 10.4 Å². The molecular formula is C6H2BrCl. The first kappa shape index (κ1) is 4.83. The van der Waals surface area contributed by atoms with E-state index in [4.69, 9.17) is 11.6 Å². The van der Waals surface area contributed by atoms with Crippen molar-refractivity contribution in [1.29, 1.82) is 0 Å². The van der Waals surface area contributed by atoms with Crippen molar-refractivity contribution >= 4 is 27.5 Å². The Balaban J connectivity index is 2.87.